The third kappa shape index (κ3) is 1.73. The Morgan fingerprint density at radius 2 is 2.14 bits per heavy atom. The molecule has 0 amide bonds. The number of aromatic nitrogens is 1. The molecule has 1 saturated heterocycles. The Morgan fingerprint density at radius 1 is 1.43 bits per heavy atom. The number of hydrogen-bond donors (Lipinski definition) is 0. The fraction of sp³-hybridized carbons (Fsp3) is 0.400. The van der Waals surface area contributed by atoms with Gasteiger partial charge in [0.1, 0.15) is 11.9 Å². The maximum Gasteiger partial charge on any atom is 0.142 e. The fourth-order valence-corrected chi connectivity index (χ4v) is 2.25. The van der Waals surface area contributed by atoms with Gasteiger partial charge in [0.2, 0.25) is 0 Å². The first-order valence-electron chi connectivity index (χ1n) is 4.62. The maximum atomic E-state index is 8.69. The number of nitrogens with zero attached hydrogens (tertiary/aromatic N) is 3. The van der Waals surface area contributed by atoms with E-state index in [2.05, 4.69) is 31.9 Å². The molecule has 2 heterocycles. The Kier molecular flexibility index (Phi) is 2.69. The van der Waals surface area contributed by atoms with Gasteiger partial charge >= 0.3 is 0 Å². The highest BCUT2D eigenvalue weighted by molar-refractivity contribution is 9.10. The lowest BCUT2D eigenvalue weighted by atomic mass is 10.3. The van der Waals surface area contributed by atoms with Gasteiger partial charge in [-0.05, 0) is 34.8 Å². The summed E-state index contributed by atoms with van der Waals surface area (Å²) in [7, 11) is 0. The minimum Gasteiger partial charge on any atom is -0.356 e. The molecule has 1 fully saturated rings. The second-order valence-corrected chi connectivity index (χ2v) is 4.19. The SMILES string of the molecule is N#Cc1cnc(N2CCCC2)c(Br)c1. The second kappa shape index (κ2) is 3.97. The third-order valence-corrected chi connectivity index (χ3v) is 2.94. The summed E-state index contributed by atoms with van der Waals surface area (Å²) in [5, 5.41) is 8.69. The van der Waals surface area contributed by atoms with Crippen LogP contribution in [-0.2, 0) is 0 Å². The van der Waals surface area contributed by atoms with E-state index in [1.807, 2.05) is 6.07 Å². The van der Waals surface area contributed by atoms with E-state index >= 15 is 0 Å². The normalized spacial score (nSPS) is 15.6. The summed E-state index contributed by atoms with van der Waals surface area (Å²) < 4.78 is 0.915. The zero-order valence-electron chi connectivity index (χ0n) is 7.70. The van der Waals surface area contributed by atoms with Crippen LogP contribution in [0.1, 0.15) is 18.4 Å². The summed E-state index contributed by atoms with van der Waals surface area (Å²) in [4.78, 5) is 6.53. The van der Waals surface area contributed by atoms with Crippen molar-refractivity contribution in [2.75, 3.05) is 18.0 Å². The molecule has 0 saturated carbocycles. The molecule has 0 N–H and O–H groups in total. The lowest BCUT2D eigenvalue weighted by Gasteiger charge is -2.17. The third-order valence-electron chi connectivity index (χ3n) is 2.36. The van der Waals surface area contributed by atoms with Crippen molar-refractivity contribution in [1.82, 2.24) is 4.98 Å². The van der Waals surface area contributed by atoms with Crippen LogP contribution in [-0.4, -0.2) is 18.1 Å². The van der Waals surface area contributed by atoms with E-state index in [0.717, 1.165) is 23.4 Å². The van der Waals surface area contributed by atoms with E-state index in [-0.39, 0.29) is 0 Å². The first-order valence-corrected chi connectivity index (χ1v) is 5.41. The number of anilines is 1. The minimum absolute atomic E-state index is 0.597. The average Bonchev–Trinajstić information content (AvgIpc) is 2.70. The smallest absolute Gasteiger partial charge is 0.142 e. The van der Waals surface area contributed by atoms with E-state index in [0.29, 0.717) is 5.56 Å². The summed E-state index contributed by atoms with van der Waals surface area (Å²) >= 11 is 3.44. The largest absolute Gasteiger partial charge is 0.356 e. The quantitative estimate of drug-likeness (QED) is 0.770. The van der Waals surface area contributed by atoms with Crippen LogP contribution < -0.4 is 4.90 Å². The maximum absolute atomic E-state index is 8.69. The molecule has 1 aliphatic rings. The number of halogens is 1. The van der Waals surface area contributed by atoms with E-state index in [9.17, 15) is 0 Å². The molecule has 72 valence electrons. The van der Waals surface area contributed by atoms with Gasteiger partial charge in [-0.2, -0.15) is 5.26 Å². The van der Waals surface area contributed by atoms with Crippen molar-refractivity contribution >= 4 is 21.7 Å². The molecule has 14 heavy (non-hydrogen) atoms. The van der Waals surface area contributed by atoms with Crippen LogP contribution in [0.4, 0.5) is 5.82 Å². The van der Waals surface area contributed by atoms with Gasteiger partial charge in [-0.25, -0.2) is 4.98 Å². The Morgan fingerprint density at radius 3 is 2.71 bits per heavy atom. The average molecular weight is 252 g/mol. The number of pyridine rings is 1. The highest BCUT2D eigenvalue weighted by Gasteiger charge is 2.16. The molecule has 0 spiro atoms. The monoisotopic (exact) mass is 251 g/mol. The van der Waals surface area contributed by atoms with Crippen molar-refractivity contribution < 1.29 is 0 Å². The molecule has 0 unspecified atom stereocenters. The second-order valence-electron chi connectivity index (χ2n) is 3.34. The molecule has 1 aliphatic heterocycles. The van der Waals surface area contributed by atoms with Crippen LogP contribution >= 0.6 is 15.9 Å². The van der Waals surface area contributed by atoms with Crippen LogP contribution in [0.3, 0.4) is 0 Å². The van der Waals surface area contributed by atoms with Gasteiger partial charge in [-0.3, -0.25) is 0 Å². The number of nitriles is 1. The first-order chi connectivity index (χ1) is 6.81. The molecule has 0 radical (unpaired) electrons. The Bertz CT molecular complexity index is 377. The zero-order valence-corrected chi connectivity index (χ0v) is 9.29. The predicted octanol–water partition coefficient (Wildman–Crippen LogP) is 2.32. The van der Waals surface area contributed by atoms with Crippen molar-refractivity contribution in [3.8, 4) is 6.07 Å². The Hall–Kier alpha value is -1.08. The van der Waals surface area contributed by atoms with E-state index in [1.165, 1.54) is 12.8 Å². The minimum atomic E-state index is 0.597. The van der Waals surface area contributed by atoms with Crippen LogP contribution in [0.5, 0.6) is 0 Å². The summed E-state index contributed by atoms with van der Waals surface area (Å²) in [5.41, 5.74) is 0.597. The topological polar surface area (TPSA) is 39.9 Å². The summed E-state index contributed by atoms with van der Waals surface area (Å²) in [6.45, 7) is 2.13. The molecule has 0 aliphatic carbocycles. The number of hydrogen-bond acceptors (Lipinski definition) is 3. The van der Waals surface area contributed by atoms with E-state index in [4.69, 9.17) is 5.26 Å². The van der Waals surface area contributed by atoms with E-state index < -0.39 is 0 Å². The van der Waals surface area contributed by atoms with Crippen molar-refractivity contribution in [2.45, 2.75) is 12.8 Å². The van der Waals surface area contributed by atoms with Crippen molar-refractivity contribution in [3.05, 3.63) is 22.3 Å². The molecular weight excluding hydrogens is 242 g/mol. The van der Waals surface area contributed by atoms with Crippen molar-refractivity contribution in [1.29, 1.82) is 5.26 Å². The van der Waals surface area contributed by atoms with Crippen LogP contribution in [0.25, 0.3) is 0 Å². The van der Waals surface area contributed by atoms with Crippen LogP contribution in [0, 0.1) is 11.3 Å². The van der Waals surface area contributed by atoms with Gasteiger partial charge in [0, 0.05) is 19.3 Å². The summed E-state index contributed by atoms with van der Waals surface area (Å²) in [5.74, 6) is 0.960. The van der Waals surface area contributed by atoms with E-state index in [1.54, 1.807) is 6.20 Å². The zero-order chi connectivity index (χ0) is 9.97. The molecule has 0 aromatic carbocycles. The summed E-state index contributed by atoms with van der Waals surface area (Å²) in [6.07, 6.45) is 4.08. The lowest BCUT2D eigenvalue weighted by Crippen LogP contribution is -2.19. The standard InChI is InChI=1S/C10H10BrN3/c11-9-5-8(6-12)7-13-10(9)14-3-1-2-4-14/h5,7H,1-4H2. The number of rotatable bonds is 1. The highest BCUT2D eigenvalue weighted by Crippen LogP contribution is 2.27. The van der Waals surface area contributed by atoms with Gasteiger partial charge in [-0.1, -0.05) is 0 Å². The Labute approximate surface area is 91.5 Å². The lowest BCUT2D eigenvalue weighted by molar-refractivity contribution is 0.932. The molecule has 0 bridgehead atoms. The molecule has 3 nitrogen and oxygen atoms in total. The molecular formula is C10H10BrN3. The predicted molar refractivity (Wildman–Crippen MR) is 58.1 cm³/mol. The van der Waals surface area contributed by atoms with Gasteiger partial charge in [0.05, 0.1) is 10.0 Å². The molecule has 0 atom stereocenters. The molecule has 1 aromatic rings. The van der Waals surface area contributed by atoms with Crippen LogP contribution in [0.15, 0.2) is 16.7 Å². The summed E-state index contributed by atoms with van der Waals surface area (Å²) in [6, 6.07) is 3.89. The van der Waals surface area contributed by atoms with Gasteiger partial charge in [0.25, 0.3) is 0 Å². The first kappa shape index (κ1) is 9.47. The van der Waals surface area contributed by atoms with Gasteiger partial charge < -0.3 is 4.90 Å². The van der Waals surface area contributed by atoms with Crippen LogP contribution in [0.2, 0.25) is 0 Å². The van der Waals surface area contributed by atoms with Crippen molar-refractivity contribution in [2.24, 2.45) is 0 Å². The van der Waals surface area contributed by atoms with Crippen molar-refractivity contribution in [3.63, 3.8) is 0 Å². The fourth-order valence-electron chi connectivity index (χ4n) is 1.65. The van der Waals surface area contributed by atoms with Gasteiger partial charge in [-0.15, -0.1) is 0 Å². The Balaban J connectivity index is 2.30. The van der Waals surface area contributed by atoms with Gasteiger partial charge in [0.15, 0.2) is 0 Å². The molecule has 1 aromatic heterocycles. The molecule has 4 heteroatoms. The highest BCUT2D eigenvalue weighted by atomic mass is 79.9. The molecule has 2 rings (SSSR count).